The Morgan fingerprint density at radius 1 is 1.35 bits per heavy atom. The fraction of sp³-hybridized carbons (Fsp3) is 0.750. The van der Waals surface area contributed by atoms with E-state index in [0.29, 0.717) is 11.5 Å². The summed E-state index contributed by atoms with van der Waals surface area (Å²) in [4.78, 5) is 0. The van der Waals surface area contributed by atoms with E-state index in [4.69, 9.17) is 28.1 Å². The molecule has 2 fully saturated rings. The van der Waals surface area contributed by atoms with Crippen LogP contribution in [0.5, 0.6) is 5.75 Å². The third-order valence-electron chi connectivity index (χ3n) is 4.17. The van der Waals surface area contributed by atoms with Gasteiger partial charge in [0, 0.05) is 6.07 Å². The second kappa shape index (κ2) is 6.76. The van der Waals surface area contributed by atoms with Crippen molar-refractivity contribution in [3.05, 3.63) is 18.1 Å². The summed E-state index contributed by atoms with van der Waals surface area (Å²) in [5.41, 5.74) is 0. The zero-order valence-corrected chi connectivity index (χ0v) is 13.6. The van der Waals surface area contributed by atoms with Gasteiger partial charge < -0.3 is 28.1 Å². The van der Waals surface area contributed by atoms with Gasteiger partial charge in [-0.2, -0.15) is 0 Å². The maximum atomic E-state index is 13.1. The molecular weight excluding hydrogens is 307 g/mol. The van der Waals surface area contributed by atoms with Gasteiger partial charge in [-0.3, -0.25) is 0 Å². The van der Waals surface area contributed by atoms with Crippen molar-refractivity contribution in [1.82, 2.24) is 0 Å². The Labute approximate surface area is 134 Å². The van der Waals surface area contributed by atoms with E-state index in [0.717, 1.165) is 12.8 Å². The summed E-state index contributed by atoms with van der Waals surface area (Å²) in [6, 6.07) is 1.73. The third kappa shape index (κ3) is 3.24. The van der Waals surface area contributed by atoms with E-state index in [-0.39, 0.29) is 18.8 Å². The molecule has 23 heavy (non-hydrogen) atoms. The fourth-order valence-corrected chi connectivity index (χ4v) is 3.04. The second-order valence-electron chi connectivity index (χ2n) is 5.99. The topological polar surface area (TPSA) is 59.3 Å². The van der Waals surface area contributed by atoms with Crippen LogP contribution in [0.3, 0.4) is 0 Å². The minimum Gasteiger partial charge on any atom is -0.493 e. The van der Waals surface area contributed by atoms with Gasteiger partial charge >= 0.3 is 0 Å². The van der Waals surface area contributed by atoms with Gasteiger partial charge in [0.15, 0.2) is 23.6 Å². The van der Waals surface area contributed by atoms with Gasteiger partial charge in [-0.15, -0.1) is 0 Å². The monoisotopic (exact) mass is 330 g/mol. The first-order valence-electron chi connectivity index (χ1n) is 7.89. The van der Waals surface area contributed by atoms with E-state index < -0.39 is 24.9 Å². The zero-order valence-electron chi connectivity index (χ0n) is 13.6. The third-order valence-corrected chi connectivity index (χ3v) is 4.17. The summed E-state index contributed by atoms with van der Waals surface area (Å²) in [5, 5.41) is 0. The lowest BCUT2D eigenvalue weighted by Crippen LogP contribution is -2.38. The normalized spacial score (nSPS) is 36.3. The van der Waals surface area contributed by atoms with E-state index in [1.165, 1.54) is 0 Å². The van der Waals surface area contributed by atoms with Crippen molar-refractivity contribution in [2.24, 2.45) is 0 Å². The van der Waals surface area contributed by atoms with Crippen molar-refractivity contribution in [3.63, 3.8) is 0 Å². The molecule has 2 aliphatic heterocycles. The fourth-order valence-electron chi connectivity index (χ4n) is 3.04. The molecule has 0 amide bonds. The standard InChI is InChI=1S/C16H23FO6/c1-4-5-11-13(20-8-12-10(18-3)6-7-19-12)14-15(21-11)23-16(2,9-17)22-14/h6-7,11,13-15H,4-5,8-9H2,1-3H3/t11-,13+,14-,15-,16?/m1/s1. The molecule has 130 valence electrons. The Morgan fingerprint density at radius 2 is 2.17 bits per heavy atom. The Bertz CT molecular complexity index is 520. The zero-order chi connectivity index (χ0) is 16.4. The lowest BCUT2D eigenvalue weighted by Gasteiger charge is -2.26. The van der Waals surface area contributed by atoms with Crippen LogP contribution in [0.4, 0.5) is 4.39 Å². The summed E-state index contributed by atoms with van der Waals surface area (Å²) in [5.74, 6) is -0.0423. The number of methoxy groups -OCH3 is 1. The first kappa shape index (κ1) is 16.7. The van der Waals surface area contributed by atoms with E-state index in [1.54, 1.807) is 26.4 Å². The van der Waals surface area contributed by atoms with Crippen molar-refractivity contribution >= 4 is 0 Å². The van der Waals surface area contributed by atoms with Crippen molar-refractivity contribution in [3.8, 4) is 5.75 Å². The van der Waals surface area contributed by atoms with E-state index in [1.807, 2.05) is 0 Å². The highest BCUT2D eigenvalue weighted by atomic mass is 19.1. The highest BCUT2D eigenvalue weighted by molar-refractivity contribution is 5.23. The van der Waals surface area contributed by atoms with Crippen LogP contribution >= 0.6 is 0 Å². The molecule has 2 saturated heterocycles. The number of ether oxygens (including phenoxy) is 5. The molecule has 3 heterocycles. The molecule has 2 aliphatic rings. The van der Waals surface area contributed by atoms with E-state index >= 15 is 0 Å². The lowest BCUT2D eigenvalue weighted by atomic mass is 10.1. The SMILES string of the molecule is CCC[C@H]1O[C@@H]2OC(C)(CF)O[C@@H]2[C@H]1OCc1occc1OC. The summed E-state index contributed by atoms with van der Waals surface area (Å²) >= 11 is 0. The Hall–Kier alpha value is -1.15. The summed E-state index contributed by atoms with van der Waals surface area (Å²) in [6.45, 7) is 3.12. The second-order valence-corrected chi connectivity index (χ2v) is 5.99. The number of furan rings is 1. The molecule has 6 nitrogen and oxygen atoms in total. The Balaban J connectivity index is 1.69. The number of hydrogen-bond acceptors (Lipinski definition) is 6. The average molecular weight is 330 g/mol. The van der Waals surface area contributed by atoms with Crippen molar-refractivity contribution < 1.29 is 32.5 Å². The first-order valence-corrected chi connectivity index (χ1v) is 7.89. The van der Waals surface area contributed by atoms with Crippen molar-refractivity contribution in [2.75, 3.05) is 13.8 Å². The highest BCUT2D eigenvalue weighted by Crippen LogP contribution is 2.40. The predicted octanol–water partition coefficient (Wildman–Crippen LogP) is 2.80. The van der Waals surface area contributed by atoms with Gasteiger partial charge in [0.1, 0.15) is 25.5 Å². The highest BCUT2D eigenvalue weighted by Gasteiger charge is 2.56. The molecule has 5 atom stereocenters. The molecule has 0 bridgehead atoms. The number of fused-ring (bicyclic) bond motifs is 1. The van der Waals surface area contributed by atoms with Gasteiger partial charge in [-0.1, -0.05) is 13.3 Å². The molecule has 0 aliphatic carbocycles. The molecule has 0 saturated carbocycles. The maximum absolute atomic E-state index is 13.1. The predicted molar refractivity (Wildman–Crippen MR) is 77.7 cm³/mol. The molecule has 0 aromatic carbocycles. The van der Waals surface area contributed by atoms with Crippen molar-refractivity contribution in [2.45, 2.75) is 63.7 Å². The summed E-state index contributed by atoms with van der Waals surface area (Å²) in [7, 11) is 1.57. The number of hydrogen-bond donors (Lipinski definition) is 0. The van der Waals surface area contributed by atoms with Crippen LogP contribution in [0.25, 0.3) is 0 Å². The van der Waals surface area contributed by atoms with Crippen molar-refractivity contribution in [1.29, 1.82) is 0 Å². The molecule has 0 N–H and O–H groups in total. The van der Waals surface area contributed by atoms with E-state index in [9.17, 15) is 4.39 Å². The van der Waals surface area contributed by atoms with Crippen LogP contribution in [0.2, 0.25) is 0 Å². The van der Waals surface area contributed by atoms with Gasteiger partial charge in [0.05, 0.1) is 19.5 Å². The minimum atomic E-state index is -1.27. The summed E-state index contributed by atoms with van der Waals surface area (Å²) in [6.07, 6.45) is 1.75. The number of alkyl halides is 1. The molecular formula is C16H23FO6. The van der Waals surface area contributed by atoms with Gasteiger partial charge in [0.25, 0.3) is 0 Å². The Morgan fingerprint density at radius 3 is 2.87 bits per heavy atom. The average Bonchev–Trinajstić information content (AvgIpc) is 3.19. The van der Waals surface area contributed by atoms with Crippen LogP contribution in [-0.2, 0) is 25.6 Å². The summed E-state index contributed by atoms with van der Waals surface area (Å²) < 4.78 is 46.8. The van der Waals surface area contributed by atoms with Crippen LogP contribution in [0, 0.1) is 0 Å². The molecule has 0 spiro atoms. The maximum Gasteiger partial charge on any atom is 0.197 e. The quantitative estimate of drug-likeness (QED) is 0.766. The minimum absolute atomic E-state index is 0.153. The van der Waals surface area contributed by atoms with Crippen LogP contribution in [0.1, 0.15) is 32.4 Å². The number of halogens is 1. The van der Waals surface area contributed by atoms with Gasteiger partial charge in [-0.05, 0) is 13.3 Å². The molecule has 3 rings (SSSR count). The van der Waals surface area contributed by atoms with Crippen LogP contribution in [0.15, 0.2) is 16.7 Å². The number of rotatable bonds is 7. The van der Waals surface area contributed by atoms with Gasteiger partial charge in [-0.25, -0.2) is 4.39 Å². The molecule has 1 aromatic heterocycles. The molecule has 1 aromatic rings. The Kier molecular flexibility index (Phi) is 4.91. The molecule has 0 radical (unpaired) electrons. The largest absolute Gasteiger partial charge is 0.493 e. The van der Waals surface area contributed by atoms with Crippen LogP contribution in [-0.4, -0.2) is 44.2 Å². The lowest BCUT2D eigenvalue weighted by molar-refractivity contribution is -0.234. The van der Waals surface area contributed by atoms with E-state index in [2.05, 4.69) is 6.92 Å². The first-order chi connectivity index (χ1) is 11.1. The van der Waals surface area contributed by atoms with Gasteiger partial charge in [0.2, 0.25) is 0 Å². The van der Waals surface area contributed by atoms with Crippen LogP contribution < -0.4 is 4.74 Å². The smallest absolute Gasteiger partial charge is 0.197 e. The molecule has 7 heteroatoms. The molecule has 1 unspecified atom stereocenters.